The summed E-state index contributed by atoms with van der Waals surface area (Å²) in [4.78, 5) is 0.126. The number of aliphatic hydroxyl groups excluding tert-OH is 1. The molecule has 2 saturated heterocycles. The van der Waals surface area contributed by atoms with Crippen LogP contribution >= 0.6 is 75.9 Å². The van der Waals surface area contributed by atoms with Crippen LogP contribution in [0.2, 0.25) is 0 Å². The van der Waals surface area contributed by atoms with Crippen molar-refractivity contribution < 1.29 is 66.4 Å². The standard InChI is InChI=1S/C6H8BrO2.C6H9O2.3HI.V.2W/c7-4-3-9-5-1-2-8-6(4)5;7-4-3-6-2-1-5-8-6;;;;;;/h1,4-6H,2-3H2;1-3,6-7H,4-5H2;3*1H;;;/q2*-1;;;;+3;;/p-3/t4-,5+,6+;;;;;;;/m0......./s1. The minimum Gasteiger partial charge on any atom is 0 e. The molecule has 0 aliphatic carbocycles. The number of hydrogen-bond donors (Lipinski definition) is 1. The maximum atomic E-state index is 8.36. The maximum absolute atomic E-state index is 8.36. The summed E-state index contributed by atoms with van der Waals surface area (Å²) in [6.07, 6.45) is 8.25. The first-order valence-corrected chi connectivity index (χ1v) is 20.7. The molecule has 0 bridgehead atoms. The van der Waals surface area contributed by atoms with Crippen LogP contribution in [0.1, 0.15) is 0 Å². The molecule has 1 unspecified atom stereocenters. The van der Waals surface area contributed by atoms with Crippen molar-refractivity contribution in [2.75, 3.05) is 26.4 Å². The minimum absolute atomic E-state index is 0. The summed E-state index contributed by atoms with van der Waals surface area (Å²) in [5, 5.41) is 8.36. The van der Waals surface area contributed by atoms with E-state index in [2.05, 4.69) is 82.3 Å². The third kappa shape index (κ3) is 13.9. The van der Waals surface area contributed by atoms with Crippen molar-refractivity contribution in [3.63, 3.8) is 0 Å². The van der Waals surface area contributed by atoms with E-state index in [0.29, 0.717) is 11.4 Å². The predicted octanol–water partition coefficient (Wildman–Crippen LogP) is 3.54. The summed E-state index contributed by atoms with van der Waals surface area (Å²) in [7, 11) is 0. The van der Waals surface area contributed by atoms with Crippen molar-refractivity contribution in [3.05, 3.63) is 25.0 Å². The van der Waals surface area contributed by atoms with Crippen LogP contribution < -0.4 is 0 Å². The SMILES string of the molecule is Br[C@H]1CO[C@@H]2[CH-]CO[C@H]12.OC[CH-]C1C=CCO1.[I][V]([I])[I].[W].[W]. The Hall–Kier alpha value is 4.21. The average Bonchev–Trinajstić information content (AvgIpc) is 3.11. The van der Waals surface area contributed by atoms with Gasteiger partial charge in [-0.15, -0.1) is 0 Å². The monoisotopic (exact) mass is 1100 g/mol. The Balaban J connectivity index is 0. The van der Waals surface area contributed by atoms with Crippen LogP contribution in [-0.2, 0) is 61.3 Å². The summed E-state index contributed by atoms with van der Waals surface area (Å²) in [5.74, 6) is 0. The zero-order chi connectivity index (χ0) is 15.7. The van der Waals surface area contributed by atoms with E-state index in [9.17, 15) is 0 Å². The first-order chi connectivity index (χ1) is 10.0. The summed E-state index contributed by atoms with van der Waals surface area (Å²) in [6.45, 7) is 2.30. The quantitative estimate of drug-likeness (QED) is 0.199. The molecule has 0 aromatic heterocycles. The van der Waals surface area contributed by atoms with Crippen molar-refractivity contribution in [2.24, 2.45) is 0 Å². The molecule has 0 saturated carbocycles. The largest absolute Gasteiger partial charge is 0 e. The normalized spacial score (nSPS) is 30.3. The van der Waals surface area contributed by atoms with Gasteiger partial charge in [0.05, 0.1) is 24.1 Å². The number of fused-ring (bicyclic) bond motifs is 1. The van der Waals surface area contributed by atoms with E-state index in [1.807, 2.05) is 12.2 Å². The van der Waals surface area contributed by atoms with Gasteiger partial charge in [0.1, 0.15) is 0 Å². The van der Waals surface area contributed by atoms with Crippen LogP contribution in [0.25, 0.3) is 0 Å². The van der Waals surface area contributed by atoms with Gasteiger partial charge in [-0.25, -0.2) is 0 Å². The average molecular weight is 1100 g/mol. The van der Waals surface area contributed by atoms with E-state index >= 15 is 0 Å². The van der Waals surface area contributed by atoms with Crippen LogP contribution in [0.3, 0.4) is 0 Å². The van der Waals surface area contributed by atoms with Gasteiger partial charge >= 0.3 is 64.9 Å². The molecule has 2 fully saturated rings. The van der Waals surface area contributed by atoms with Crippen LogP contribution in [0.4, 0.5) is 0 Å². The molecule has 4 atom stereocenters. The second kappa shape index (κ2) is 18.3. The van der Waals surface area contributed by atoms with Crippen molar-refractivity contribution in [3.8, 4) is 0 Å². The molecule has 1 N–H and O–H groups in total. The molecule has 136 valence electrons. The van der Waals surface area contributed by atoms with Crippen LogP contribution in [0.5, 0.6) is 0 Å². The van der Waals surface area contributed by atoms with E-state index in [1.165, 1.54) is 0 Å². The predicted molar refractivity (Wildman–Crippen MR) is 109 cm³/mol. The smallest absolute Gasteiger partial charge is 0 e. The van der Waals surface area contributed by atoms with Gasteiger partial charge in [0, 0.05) is 42.1 Å². The summed E-state index contributed by atoms with van der Waals surface area (Å²) < 4.78 is 15.8. The van der Waals surface area contributed by atoms with Gasteiger partial charge < -0.3 is 19.3 Å². The van der Waals surface area contributed by atoms with Crippen LogP contribution in [0.15, 0.2) is 12.2 Å². The van der Waals surface area contributed by atoms with Crippen molar-refractivity contribution in [1.82, 2.24) is 0 Å². The third-order valence-electron chi connectivity index (χ3n) is 2.79. The van der Waals surface area contributed by atoms with Crippen molar-refractivity contribution in [2.45, 2.75) is 23.1 Å². The molecule has 3 aliphatic heterocycles. The fraction of sp³-hybridized carbons (Fsp3) is 0.667. The van der Waals surface area contributed by atoms with Gasteiger partial charge in [0.25, 0.3) is 0 Å². The molecule has 0 radical (unpaired) electrons. The van der Waals surface area contributed by atoms with E-state index in [0.717, 1.165) is 13.2 Å². The van der Waals surface area contributed by atoms with Gasteiger partial charge in [-0.05, 0) is 12.2 Å². The van der Waals surface area contributed by atoms with Crippen LogP contribution in [-0.4, -0.2) is 54.7 Å². The Morgan fingerprint density at radius 3 is 2.39 bits per heavy atom. The Bertz CT molecular complexity index is 319. The molecule has 0 amide bonds. The number of aliphatic hydroxyl groups is 1. The number of hydrogen-bond acceptors (Lipinski definition) is 4. The van der Waals surface area contributed by atoms with Crippen molar-refractivity contribution >= 4 is 75.9 Å². The molecule has 3 rings (SSSR count). The number of alkyl halides is 1. The molecule has 0 aromatic carbocycles. The van der Waals surface area contributed by atoms with Crippen molar-refractivity contribution in [1.29, 1.82) is 0 Å². The van der Waals surface area contributed by atoms with E-state index in [-0.39, 0.29) is 72.0 Å². The maximum Gasteiger partial charge on any atom is 0 e. The Morgan fingerprint density at radius 1 is 1.26 bits per heavy atom. The second-order valence-corrected chi connectivity index (χ2v) is 40.7. The molecular weight excluding hydrogens is 1090 g/mol. The Morgan fingerprint density at radius 2 is 1.91 bits per heavy atom. The molecule has 3 aliphatic rings. The van der Waals surface area contributed by atoms with Gasteiger partial charge in [0.2, 0.25) is 0 Å². The number of rotatable bonds is 2. The molecule has 0 aromatic rings. The van der Waals surface area contributed by atoms with Gasteiger partial charge in [-0.3, -0.25) is 12.8 Å². The Kier molecular flexibility index (Phi) is 23.3. The van der Waals surface area contributed by atoms with Gasteiger partial charge in [-0.1, -0.05) is 41.3 Å². The molecule has 4 nitrogen and oxygen atoms in total. The number of halogens is 4. The number of ether oxygens (including phenoxy) is 3. The summed E-state index contributed by atoms with van der Waals surface area (Å²) in [5.41, 5.74) is 0. The topological polar surface area (TPSA) is 47.9 Å². The zero-order valence-corrected chi connectivity index (χ0v) is 27.2. The molecule has 3 heterocycles. The fourth-order valence-electron chi connectivity index (χ4n) is 1.92. The molecule has 0 spiro atoms. The first-order valence-electron chi connectivity index (χ1n) is 6.25. The summed E-state index contributed by atoms with van der Waals surface area (Å²) in [6, 6.07) is 0. The minimum atomic E-state index is -0.278. The summed E-state index contributed by atoms with van der Waals surface area (Å²) >= 11 is 10.9. The van der Waals surface area contributed by atoms with Gasteiger partial charge in [0.15, 0.2) is 0 Å². The van der Waals surface area contributed by atoms with E-state index in [4.69, 9.17) is 19.3 Å². The first kappa shape index (κ1) is 29.4. The fourth-order valence-corrected chi connectivity index (χ4v) is 2.53. The van der Waals surface area contributed by atoms with E-state index in [1.54, 1.807) is 6.42 Å². The second-order valence-electron chi connectivity index (χ2n) is 4.18. The molecular formula is C12H17BrI3O4VW2-2. The van der Waals surface area contributed by atoms with Crippen LogP contribution in [0, 0.1) is 12.8 Å². The zero-order valence-electron chi connectivity index (χ0n) is 11.9. The van der Waals surface area contributed by atoms with Gasteiger partial charge in [-0.2, -0.15) is 0 Å². The Labute approximate surface area is 213 Å². The molecule has 23 heavy (non-hydrogen) atoms. The molecule has 11 heteroatoms. The third-order valence-corrected chi connectivity index (χ3v) is 3.58. The van der Waals surface area contributed by atoms with E-state index < -0.39 is 0 Å².